The van der Waals surface area contributed by atoms with Crippen LogP contribution in [0.25, 0.3) is 0 Å². The van der Waals surface area contributed by atoms with Crippen molar-refractivity contribution >= 4 is 0 Å². The van der Waals surface area contributed by atoms with Crippen molar-refractivity contribution in [3.8, 4) is 0 Å². The normalized spacial score (nSPS) is 10.3. The van der Waals surface area contributed by atoms with Crippen LogP contribution in [0, 0.1) is 0 Å². The molecule has 0 rings (SSSR count). The van der Waals surface area contributed by atoms with E-state index in [9.17, 15) is 0 Å². The molecule has 2 heteroatoms. The first kappa shape index (κ1) is 21.0. The van der Waals surface area contributed by atoms with Crippen molar-refractivity contribution in [2.24, 2.45) is 0 Å². The van der Waals surface area contributed by atoms with E-state index >= 15 is 0 Å². The summed E-state index contributed by atoms with van der Waals surface area (Å²) in [5, 5.41) is 0. The fourth-order valence-electron chi connectivity index (χ4n) is 2.07. The van der Waals surface area contributed by atoms with Gasteiger partial charge in [0.15, 0.2) is 0 Å². The van der Waals surface area contributed by atoms with E-state index in [0.29, 0.717) is 0 Å². The van der Waals surface area contributed by atoms with Crippen LogP contribution >= 0.6 is 0 Å². The molecule has 0 radical (unpaired) electrons. The summed E-state index contributed by atoms with van der Waals surface area (Å²) >= 11 is 0. The van der Waals surface area contributed by atoms with Gasteiger partial charge in [-0.1, -0.05) is 78.1 Å². The van der Waals surface area contributed by atoms with E-state index < -0.39 is 0 Å². The van der Waals surface area contributed by atoms with Crippen molar-refractivity contribution in [2.75, 3.05) is 13.2 Å². The number of rotatable bonds is 14. The number of hydrogen-bond acceptors (Lipinski definition) is 1. The third kappa shape index (κ3) is 19.0. The quantitative estimate of drug-likeness (QED) is 0.293. The molecule has 0 bridgehead atoms. The second-order valence-corrected chi connectivity index (χ2v) is 5.15. The van der Waals surface area contributed by atoms with Crippen LogP contribution in [0.15, 0.2) is 0 Å². The van der Waals surface area contributed by atoms with Gasteiger partial charge in [-0.05, 0) is 12.8 Å². The van der Waals surface area contributed by atoms with Gasteiger partial charge in [-0.25, -0.2) is 0 Å². The molecule has 0 unspecified atom stereocenters. The van der Waals surface area contributed by atoms with Crippen LogP contribution in [0.1, 0.15) is 90.9 Å². The van der Waals surface area contributed by atoms with Gasteiger partial charge in [0.1, 0.15) is 0 Å². The summed E-state index contributed by atoms with van der Waals surface area (Å²) in [5.74, 6) is 0. The van der Waals surface area contributed by atoms with Crippen molar-refractivity contribution in [3.05, 3.63) is 0 Å². The Morgan fingerprint density at radius 1 is 0.500 bits per heavy atom. The molecule has 0 aliphatic carbocycles. The van der Waals surface area contributed by atoms with Crippen LogP contribution in [-0.4, -0.2) is 13.2 Å². The minimum atomic E-state index is 0. The molecule has 0 aliphatic rings. The van der Waals surface area contributed by atoms with Gasteiger partial charge in [-0.2, -0.15) is 0 Å². The summed E-state index contributed by atoms with van der Waals surface area (Å²) in [6.45, 7) is 6.51. The molecule has 0 amide bonds. The Hall–Kier alpha value is 0.674. The second kappa shape index (κ2) is 20.0. The average Bonchev–Trinajstić information content (AvgIpc) is 2.35. The zero-order chi connectivity index (χ0) is 12.6. The Balaban J connectivity index is 0. The number of ether oxygens (including phenoxy) is 1. The number of hydrogen-bond donors (Lipinski definition) is 0. The van der Waals surface area contributed by atoms with Gasteiger partial charge >= 0.3 is 0 Å². The van der Waals surface area contributed by atoms with Crippen molar-refractivity contribution in [2.45, 2.75) is 90.9 Å². The van der Waals surface area contributed by atoms with E-state index in [2.05, 4.69) is 13.8 Å². The molecular formula is C16H34OTi. The maximum atomic E-state index is 5.65. The smallest absolute Gasteiger partial charge is 0.0466 e. The molecule has 0 saturated heterocycles. The van der Waals surface area contributed by atoms with E-state index in [1.165, 1.54) is 77.0 Å². The Bertz CT molecular complexity index is 114. The summed E-state index contributed by atoms with van der Waals surface area (Å²) in [7, 11) is 0. The molecule has 0 N–H and O–H groups in total. The molecule has 0 atom stereocenters. The number of unbranched alkanes of at least 4 members (excludes halogenated alkanes) is 10. The van der Waals surface area contributed by atoms with Gasteiger partial charge in [0.2, 0.25) is 0 Å². The standard InChI is InChI=1S/C16H34O.Ti/c1-3-5-7-9-11-13-15-17-16-14-12-10-8-6-4-2;/h3-16H2,1-2H3;. The average molecular weight is 290 g/mol. The Labute approximate surface area is 130 Å². The van der Waals surface area contributed by atoms with Crippen molar-refractivity contribution in [3.63, 3.8) is 0 Å². The summed E-state index contributed by atoms with van der Waals surface area (Å²) in [6, 6.07) is 0. The summed E-state index contributed by atoms with van der Waals surface area (Å²) in [6.07, 6.45) is 16.3. The summed E-state index contributed by atoms with van der Waals surface area (Å²) in [4.78, 5) is 0. The van der Waals surface area contributed by atoms with E-state index in [1.807, 2.05) is 0 Å². The molecular weight excluding hydrogens is 256 g/mol. The second-order valence-electron chi connectivity index (χ2n) is 5.15. The van der Waals surface area contributed by atoms with Crippen LogP contribution in [0.5, 0.6) is 0 Å². The van der Waals surface area contributed by atoms with Gasteiger partial charge in [-0.3, -0.25) is 0 Å². The molecule has 0 aromatic rings. The zero-order valence-corrected chi connectivity index (χ0v) is 14.4. The molecule has 0 aliphatic heterocycles. The maximum absolute atomic E-state index is 5.65. The van der Waals surface area contributed by atoms with E-state index in [-0.39, 0.29) is 21.7 Å². The first-order chi connectivity index (χ1) is 8.41. The van der Waals surface area contributed by atoms with E-state index in [0.717, 1.165) is 13.2 Å². The van der Waals surface area contributed by atoms with E-state index in [1.54, 1.807) is 0 Å². The molecule has 0 aromatic heterocycles. The van der Waals surface area contributed by atoms with Crippen molar-refractivity contribution in [1.82, 2.24) is 0 Å². The molecule has 0 saturated carbocycles. The predicted molar refractivity (Wildman–Crippen MR) is 77.6 cm³/mol. The van der Waals surface area contributed by atoms with Crippen LogP contribution in [0.4, 0.5) is 0 Å². The van der Waals surface area contributed by atoms with Gasteiger partial charge in [0.25, 0.3) is 0 Å². The fourth-order valence-corrected chi connectivity index (χ4v) is 2.07. The first-order valence-electron chi connectivity index (χ1n) is 7.99. The fraction of sp³-hybridized carbons (Fsp3) is 1.00. The minimum Gasteiger partial charge on any atom is -0.381 e. The van der Waals surface area contributed by atoms with Crippen LogP contribution in [0.2, 0.25) is 0 Å². The van der Waals surface area contributed by atoms with Gasteiger partial charge in [-0.15, -0.1) is 0 Å². The molecule has 0 spiro atoms. The van der Waals surface area contributed by atoms with Crippen LogP contribution < -0.4 is 0 Å². The Morgan fingerprint density at radius 3 is 1.22 bits per heavy atom. The van der Waals surface area contributed by atoms with Crippen molar-refractivity contribution < 1.29 is 26.5 Å². The van der Waals surface area contributed by atoms with Crippen LogP contribution in [0.3, 0.4) is 0 Å². The van der Waals surface area contributed by atoms with Gasteiger partial charge in [0.05, 0.1) is 0 Å². The predicted octanol–water partition coefficient (Wildman–Crippen LogP) is 5.72. The summed E-state index contributed by atoms with van der Waals surface area (Å²) in [5.41, 5.74) is 0. The molecule has 1 nitrogen and oxygen atoms in total. The maximum Gasteiger partial charge on any atom is 0.0466 e. The van der Waals surface area contributed by atoms with Crippen LogP contribution in [-0.2, 0) is 26.5 Å². The molecule has 18 heavy (non-hydrogen) atoms. The van der Waals surface area contributed by atoms with Gasteiger partial charge in [0, 0.05) is 34.9 Å². The van der Waals surface area contributed by atoms with E-state index in [4.69, 9.17) is 4.74 Å². The van der Waals surface area contributed by atoms with Crippen molar-refractivity contribution in [1.29, 1.82) is 0 Å². The molecule has 0 heterocycles. The summed E-state index contributed by atoms with van der Waals surface area (Å²) < 4.78 is 5.65. The third-order valence-corrected chi connectivity index (χ3v) is 3.28. The third-order valence-electron chi connectivity index (χ3n) is 3.28. The SMILES string of the molecule is CCCCCCCCOCCCCCCCC.[Ti]. The minimum absolute atomic E-state index is 0. The van der Waals surface area contributed by atoms with Gasteiger partial charge < -0.3 is 4.74 Å². The Morgan fingerprint density at radius 2 is 0.833 bits per heavy atom. The largest absolute Gasteiger partial charge is 0.381 e. The first-order valence-corrected chi connectivity index (χ1v) is 7.99. The molecule has 108 valence electrons. The monoisotopic (exact) mass is 290 g/mol. The topological polar surface area (TPSA) is 9.23 Å². The Kier molecular flexibility index (Phi) is 23.3. The molecule has 0 fully saturated rings. The molecule has 0 aromatic carbocycles. The zero-order valence-electron chi connectivity index (χ0n) is 12.8.